The molecular weight excluding hydrogens is 552 g/mol. The van der Waals surface area contributed by atoms with E-state index in [1.54, 1.807) is 0 Å². The molecule has 0 aromatic carbocycles. The summed E-state index contributed by atoms with van der Waals surface area (Å²) < 4.78 is 0. The van der Waals surface area contributed by atoms with E-state index in [0.29, 0.717) is 6.42 Å². The second kappa shape index (κ2) is 21.4. The largest absolute Gasteiger partial charge is 0.479 e. The molecule has 0 aliphatic heterocycles. The van der Waals surface area contributed by atoms with Gasteiger partial charge in [0.05, 0.1) is 19.8 Å². The van der Waals surface area contributed by atoms with Crippen molar-refractivity contribution in [1.82, 2.24) is 0 Å². The van der Waals surface area contributed by atoms with Crippen molar-refractivity contribution in [2.24, 2.45) is 5.41 Å². The smallest absolute Gasteiger partial charge is 0.335 e. The van der Waals surface area contributed by atoms with E-state index >= 15 is 0 Å². The highest BCUT2D eigenvalue weighted by atomic mass is 16.5. The Hall–Kier alpha value is -3.54. The van der Waals surface area contributed by atoms with Gasteiger partial charge in [-0.05, 0) is 6.42 Å². The number of carbonyl (C=O) groups is 6. The van der Waals surface area contributed by atoms with Crippen molar-refractivity contribution in [3.05, 3.63) is 0 Å². The van der Waals surface area contributed by atoms with Crippen LogP contribution in [0.5, 0.6) is 0 Å². The number of carboxylic acid groups (broad SMARTS) is 6. The van der Waals surface area contributed by atoms with E-state index in [9.17, 15) is 28.8 Å². The molecule has 6 unspecified atom stereocenters. The molecule has 15 N–H and O–H groups in total. The lowest BCUT2D eigenvalue weighted by molar-refractivity contribution is -0.165. The minimum absolute atomic E-state index is 0.156. The summed E-state index contributed by atoms with van der Waals surface area (Å²) in [4.78, 5) is 58.6. The summed E-state index contributed by atoms with van der Waals surface area (Å²) >= 11 is 0. The van der Waals surface area contributed by atoms with E-state index in [1.165, 1.54) is 0 Å². The van der Waals surface area contributed by atoms with Crippen LogP contribution in [0.15, 0.2) is 0 Å². The number of carboxylic acids is 6. The number of aliphatic hydroxyl groups is 9. The highest BCUT2D eigenvalue weighted by Gasteiger charge is 2.31. The van der Waals surface area contributed by atoms with Crippen LogP contribution in [0.4, 0.5) is 0 Å². The molecule has 0 aromatic heterocycles. The van der Waals surface area contributed by atoms with Gasteiger partial charge in [0.25, 0.3) is 0 Å². The maximum absolute atomic E-state index is 9.77. The lowest BCUT2D eigenvalue weighted by Gasteiger charge is -2.24. The molecule has 39 heavy (non-hydrogen) atoms. The summed E-state index contributed by atoms with van der Waals surface area (Å²) in [6.07, 6.45) is -13.0. The van der Waals surface area contributed by atoms with E-state index < -0.39 is 77.9 Å². The zero-order valence-corrected chi connectivity index (χ0v) is 20.0. The van der Waals surface area contributed by atoms with Crippen LogP contribution in [0.2, 0.25) is 0 Å². The lowest BCUT2D eigenvalue weighted by atomic mass is 9.88. The number of rotatable bonds is 13. The molecular formula is C18H32O21. The van der Waals surface area contributed by atoms with Crippen molar-refractivity contribution in [3.63, 3.8) is 0 Å². The van der Waals surface area contributed by atoms with Crippen LogP contribution in [0, 0.1) is 5.41 Å². The average Bonchev–Trinajstić information content (AvgIpc) is 2.88. The predicted octanol–water partition coefficient (Wildman–Crippen LogP) is -7.01. The van der Waals surface area contributed by atoms with Gasteiger partial charge in [0.1, 0.15) is 0 Å². The molecule has 0 radical (unpaired) electrons. The predicted molar refractivity (Wildman–Crippen MR) is 116 cm³/mol. The van der Waals surface area contributed by atoms with Crippen LogP contribution in [-0.4, -0.2) is 169 Å². The Balaban J connectivity index is -0.000000210. The van der Waals surface area contributed by atoms with Crippen molar-refractivity contribution in [3.8, 4) is 0 Å². The van der Waals surface area contributed by atoms with Crippen molar-refractivity contribution in [2.75, 3.05) is 19.8 Å². The number of aliphatic hydroxyl groups excluding tert-OH is 9. The summed E-state index contributed by atoms with van der Waals surface area (Å²) in [7, 11) is 0. The summed E-state index contributed by atoms with van der Waals surface area (Å²) in [5.74, 6) is -10.6. The van der Waals surface area contributed by atoms with Crippen molar-refractivity contribution in [1.29, 1.82) is 0 Å². The van der Waals surface area contributed by atoms with Crippen molar-refractivity contribution in [2.45, 2.75) is 50.0 Å². The molecule has 21 heteroatoms. The molecule has 21 nitrogen and oxygen atoms in total. The molecule has 0 bridgehead atoms. The molecule has 0 aliphatic carbocycles. The molecule has 0 rings (SSSR count). The topological polar surface area (TPSA) is 406 Å². The molecule has 0 fully saturated rings. The number of hydrogen-bond acceptors (Lipinski definition) is 15. The zero-order chi connectivity index (χ0) is 32.3. The van der Waals surface area contributed by atoms with Crippen LogP contribution in [0.25, 0.3) is 0 Å². The van der Waals surface area contributed by atoms with Gasteiger partial charge in [-0.15, -0.1) is 0 Å². The van der Waals surface area contributed by atoms with E-state index in [2.05, 4.69) is 0 Å². The first kappa shape index (κ1) is 42.5. The summed E-state index contributed by atoms with van der Waals surface area (Å²) in [6.45, 7) is 1.35. The summed E-state index contributed by atoms with van der Waals surface area (Å²) in [6, 6.07) is 0. The fourth-order valence-electron chi connectivity index (χ4n) is 1.30. The van der Waals surface area contributed by atoms with Crippen molar-refractivity contribution < 1.29 is 105 Å². The van der Waals surface area contributed by atoms with Gasteiger partial charge in [-0.2, -0.15) is 0 Å². The van der Waals surface area contributed by atoms with E-state index in [4.69, 9.17) is 76.6 Å². The second-order valence-electron chi connectivity index (χ2n) is 7.03. The Labute approximate surface area is 217 Å². The Morgan fingerprint density at radius 2 is 0.564 bits per heavy atom. The molecule has 6 atom stereocenters. The quantitative estimate of drug-likeness (QED) is 0.0955. The zero-order valence-electron chi connectivity index (χ0n) is 20.0. The Kier molecular flexibility index (Phi) is 23.3. The van der Waals surface area contributed by atoms with Crippen molar-refractivity contribution >= 4 is 35.8 Å². The minimum atomic E-state index is -2.27. The molecule has 0 amide bonds. The van der Waals surface area contributed by atoms with E-state index in [-0.39, 0.29) is 19.8 Å². The normalized spacial score (nSPS) is 14.9. The van der Waals surface area contributed by atoms with Crippen LogP contribution in [-0.2, 0) is 28.8 Å². The number of aliphatic carboxylic acids is 6. The molecule has 0 heterocycles. The van der Waals surface area contributed by atoms with Gasteiger partial charge in [-0.3, -0.25) is 0 Å². The molecule has 230 valence electrons. The molecule has 0 aromatic rings. The first-order valence-electron chi connectivity index (χ1n) is 9.92. The second-order valence-corrected chi connectivity index (χ2v) is 7.03. The molecule has 0 aliphatic rings. The van der Waals surface area contributed by atoms with Gasteiger partial charge in [0.2, 0.25) is 0 Å². The first-order chi connectivity index (χ1) is 17.6. The third kappa shape index (κ3) is 18.4. The average molecular weight is 584 g/mol. The van der Waals surface area contributed by atoms with E-state index in [0.717, 1.165) is 0 Å². The van der Waals surface area contributed by atoms with Crippen LogP contribution in [0.1, 0.15) is 13.3 Å². The van der Waals surface area contributed by atoms with Crippen LogP contribution < -0.4 is 0 Å². The monoisotopic (exact) mass is 584 g/mol. The highest BCUT2D eigenvalue weighted by molar-refractivity contribution is 5.84. The molecule has 0 saturated carbocycles. The third-order valence-electron chi connectivity index (χ3n) is 4.17. The highest BCUT2D eigenvalue weighted by Crippen LogP contribution is 2.18. The minimum Gasteiger partial charge on any atom is -0.479 e. The lowest BCUT2D eigenvalue weighted by Crippen LogP contribution is -2.39. The standard InChI is InChI=1S/C6H14O3.3C4H6O6/c1-2-6(3-7,4-8)5-9;3*5-1(3(7)8)2(6)4(9)10/h7-9H,2-5H2,1H3;3*1-2,5-6H,(H,7,8)(H,9,10). The van der Waals surface area contributed by atoms with Gasteiger partial charge >= 0.3 is 35.8 Å². The van der Waals surface area contributed by atoms with Gasteiger partial charge in [0.15, 0.2) is 36.6 Å². The first-order valence-corrected chi connectivity index (χ1v) is 9.92. The van der Waals surface area contributed by atoms with Gasteiger partial charge in [-0.1, -0.05) is 6.92 Å². The van der Waals surface area contributed by atoms with Crippen LogP contribution in [0.3, 0.4) is 0 Å². The molecule has 0 saturated heterocycles. The van der Waals surface area contributed by atoms with Gasteiger partial charge in [-0.25, -0.2) is 28.8 Å². The van der Waals surface area contributed by atoms with E-state index in [1.807, 2.05) is 6.92 Å². The number of hydrogen-bond donors (Lipinski definition) is 15. The molecule has 0 spiro atoms. The Morgan fingerprint density at radius 3 is 0.590 bits per heavy atom. The third-order valence-corrected chi connectivity index (χ3v) is 4.17. The Bertz CT molecular complexity index is 620. The SMILES string of the molecule is CCC(CO)(CO)CO.O=C(O)C(O)C(O)C(=O)O.O=C(O)C(O)C(O)C(=O)O.O=C(O)C(O)C(O)C(=O)O. The van der Waals surface area contributed by atoms with Gasteiger partial charge < -0.3 is 76.6 Å². The fourth-order valence-corrected chi connectivity index (χ4v) is 1.30. The van der Waals surface area contributed by atoms with Gasteiger partial charge in [0, 0.05) is 5.41 Å². The summed E-state index contributed by atoms with van der Waals surface area (Å²) in [5.41, 5.74) is -0.667. The van der Waals surface area contributed by atoms with Crippen LogP contribution >= 0.6 is 0 Å². The Morgan fingerprint density at radius 1 is 0.436 bits per heavy atom. The fraction of sp³-hybridized carbons (Fsp3) is 0.667. The maximum Gasteiger partial charge on any atom is 0.335 e. The summed E-state index contributed by atoms with van der Waals surface area (Å²) in [5, 5.41) is 124. The maximum atomic E-state index is 9.77.